The summed E-state index contributed by atoms with van der Waals surface area (Å²) in [6.07, 6.45) is 9.41. The van der Waals surface area contributed by atoms with E-state index in [-0.39, 0.29) is 47.5 Å². The van der Waals surface area contributed by atoms with Crippen molar-refractivity contribution in [2.75, 3.05) is 0 Å². The van der Waals surface area contributed by atoms with Crippen molar-refractivity contribution in [1.82, 2.24) is 4.90 Å². The van der Waals surface area contributed by atoms with Crippen molar-refractivity contribution in [3.8, 4) is 5.75 Å². The summed E-state index contributed by atoms with van der Waals surface area (Å²) in [5.41, 5.74) is 4.37. The lowest BCUT2D eigenvalue weighted by molar-refractivity contribution is -0.143. The lowest BCUT2D eigenvalue weighted by atomic mass is 9.59. The van der Waals surface area contributed by atoms with Crippen molar-refractivity contribution in [3.05, 3.63) is 46.5 Å². The number of carbonyl (C=O) groups is 2. The van der Waals surface area contributed by atoms with Crippen molar-refractivity contribution in [2.45, 2.75) is 83.7 Å². The predicted octanol–water partition coefficient (Wildman–Crippen LogP) is 4.73. The first-order chi connectivity index (χ1) is 16.8. The highest BCUT2D eigenvalue weighted by Crippen LogP contribution is 2.51. The summed E-state index contributed by atoms with van der Waals surface area (Å²) in [6, 6.07) is 7.20. The molecule has 1 saturated carbocycles. The fourth-order valence-corrected chi connectivity index (χ4v) is 6.97. The number of amides is 2. The zero-order valence-electron chi connectivity index (χ0n) is 20.8. The number of benzene rings is 1. The van der Waals surface area contributed by atoms with E-state index in [0.29, 0.717) is 19.2 Å². The molecular formula is C28H36BNO5. The summed E-state index contributed by atoms with van der Waals surface area (Å²) in [6.45, 7) is 4.13. The number of aromatic hydroxyl groups is 1. The van der Waals surface area contributed by atoms with E-state index in [9.17, 15) is 19.7 Å². The van der Waals surface area contributed by atoms with Crippen LogP contribution in [0.5, 0.6) is 5.75 Å². The summed E-state index contributed by atoms with van der Waals surface area (Å²) in [5, 5.41) is 20.4. The lowest BCUT2D eigenvalue weighted by Crippen LogP contribution is -2.46. The van der Waals surface area contributed by atoms with Crippen LogP contribution in [0.25, 0.3) is 6.08 Å². The van der Waals surface area contributed by atoms with Gasteiger partial charge >= 0.3 is 7.12 Å². The maximum atomic E-state index is 13.7. The molecule has 0 spiro atoms. The van der Waals surface area contributed by atoms with Crippen molar-refractivity contribution >= 4 is 25.0 Å². The molecule has 4 atom stereocenters. The number of phenols is 1. The Morgan fingerprint density at radius 1 is 1.17 bits per heavy atom. The minimum Gasteiger partial charge on any atom is -0.508 e. The largest absolute Gasteiger partial charge is 0.508 e. The quantitative estimate of drug-likeness (QED) is 0.364. The Labute approximate surface area is 208 Å². The Morgan fingerprint density at radius 2 is 1.94 bits per heavy atom. The summed E-state index contributed by atoms with van der Waals surface area (Å²) >= 11 is 0. The minimum atomic E-state index is -0.928. The summed E-state index contributed by atoms with van der Waals surface area (Å²) in [5.74, 6) is -0.571. The molecule has 2 heterocycles. The van der Waals surface area contributed by atoms with Crippen LogP contribution in [0.1, 0.15) is 70.8 Å². The first-order valence-corrected chi connectivity index (χ1v) is 13.2. The van der Waals surface area contributed by atoms with E-state index in [4.69, 9.17) is 4.65 Å². The van der Waals surface area contributed by atoms with Crippen LogP contribution in [-0.2, 0) is 14.2 Å². The topological polar surface area (TPSA) is 87.1 Å². The second-order valence-corrected chi connectivity index (χ2v) is 11.0. The maximum Gasteiger partial charge on any atom is 0.455 e. The molecule has 0 aromatic heterocycles. The normalized spacial score (nSPS) is 30.1. The van der Waals surface area contributed by atoms with E-state index in [1.165, 1.54) is 6.42 Å². The van der Waals surface area contributed by atoms with Gasteiger partial charge in [0.25, 0.3) is 0 Å². The number of phenolic OH excluding ortho intramolecular Hbond substituents is 1. The fraction of sp³-hybridized carbons (Fsp3) is 0.571. The molecule has 4 aliphatic rings. The van der Waals surface area contributed by atoms with Gasteiger partial charge in [0.1, 0.15) is 5.75 Å². The number of likely N-dealkylation sites (tertiary alicyclic amines) is 1. The zero-order valence-corrected chi connectivity index (χ0v) is 20.8. The number of fused-ring (bicyclic) bond motifs is 3. The van der Waals surface area contributed by atoms with Gasteiger partial charge in [-0.15, -0.1) is 0 Å². The molecule has 35 heavy (non-hydrogen) atoms. The third-order valence-corrected chi connectivity index (χ3v) is 8.51. The van der Waals surface area contributed by atoms with Gasteiger partial charge in [0.15, 0.2) is 0 Å². The third kappa shape index (κ3) is 4.73. The van der Waals surface area contributed by atoms with Gasteiger partial charge in [-0.05, 0) is 81.5 Å². The molecule has 1 aromatic rings. The Kier molecular flexibility index (Phi) is 6.91. The van der Waals surface area contributed by atoms with Crippen molar-refractivity contribution in [1.29, 1.82) is 0 Å². The SMILES string of the molecule is CC1=C2[C@@H](CC/C(C)=C/c3cccc(O)c3)OB(O)C[C@@H]2[C@@H]2C(=O)N(C3CCCCC3)C(=O)[C@@H]2C1. The minimum absolute atomic E-state index is 0.00715. The van der Waals surface area contributed by atoms with Crippen LogP contribution < -0.4 is 0 Å². The maximum absolute atomic E-state index is 13.7. The molecule has 2 aliphatic carbocycles. The van der Waals surface area contributed by atoms with Crippen LogP contribution in [0.2, 0.25) is 6.32 Å². The van der Waals surface area contributed by atoms with Gasteiger partial charge < -0.3 is 14.8 Å². The lowest BCUT2D eigenvalue weighted by Gasteiger charge is -2.42. The Balaban J connectivity index is 1.35. The number of rotatable bonds is 5. The Hall–Kier alpha value is -2.38. The highest BCUT2D eigenvalue weighted by Gasteiger charge is 2.57. The van der Waals surface area contributed by atoms with E-state index in [1.807, 2.05) is 12.1 Å². The molecule has 2 N–H and O–H groups in total. The second-order valence-electron chi connectivity index (χ2n) is 11.0. The van der Waals surface area contributed by atoms with Crippen LogP contribution in [0.15, 0.2) is 41.0 Å². The molecule has 2 amide bonds. The van der Waals surface area contributed by atoms with Crippen molar-refractivity contribution < 1.29 is 24.4 Å². The molecule has 2 aliphatic heterocycles. The van der Waals surface area contributed by atoms with Crippen molar-refractivity contribution in [3.63, 3.8) is 0 Å². The first-order valence-electron chi connectivity index (χ1n) is 13.2. The van der Waals surface area contributed by atoms with Gasteiger partial charge in [0.05, 0.1) is 17.9 Å². The van der Waals surface area contributed by atoms with Gasteiger partial charge in [-0.2, -0.15) is 0 Å². The van der Waals surface area contributed by atoms with E-state index >= 15 is 0 Å². The molecule has 6 nitrogen and oxygen atoms in total. The van der Waals surface area contributed by atoms with Crippen LogP contribution in [0.3, 0.4) is 0 Å². The van der Waals surface area contributed by atoms with E-state index < -0.39 is 7.12 Å². The summed E-state index contributed by atoms with van der Waals surface area (Å²) in [7, 11) is -0.928. The van der Waals surface area contributed by atoms with Gasteiger partial charge in [0.2, 0.25) is 11.8 Å². The van der Waals surface area contributed by atoms with Crippen LogP contribution in [-0.4, -0.2) is 46.1 Å². The molecular weight excluding hydrogens is 441 g/mol. The summed E-state index contributed by atoms with van der Waals surface area (Å²) < 4.78 is 6.02. The molecule has 0 radical (unpaired) electrons. The standard InChI is InChI=1S/C28H36BNO5/c1-17(13-19-7-6-10-21(31)15-19)11-12-24-25-18(2)14-22-26(23(25)16-29(34)35-24)28(33)30(27(22)32)20-8-4-3-5-9-20/h6-7,10,13,15,20,22-24,26,31,34H,3-5,8-9,11-12,14,16H2,1-2H3/b17-13+/t22-,23+,24-,26-/m1/s1. The molecule has 7 heteroatoms. The molecule has 2 saturated heterocycles. The van der Waals surface area contributed by atoms with Gasteiger partial charge in [-0.25, -0.2) is 0 Å². The molecule has 5 rings (SSSR count). The molecule has 0 bridgehead atoms. The molecule has 1 aromatic carbocycles. The zero-order chi connectivity index (χ0) is 24.7. The number of nitrogens with zero attached hydrogens (tertiary/aromatic N) is 1. The van der Waals surface area contributed by atoms with E-state index in [2.05, 4.69) is 19.9 Å². The number of hydrogen-bond donors (Lipinski definition) is 2. The molecule has 186 valence electrons. The molecule has 3 fully saturated rings. The fourth-order valence-electron chi connectivity index (χ4n) is 6.97. The van der Waals surface area contributed by atoms with Crippen molar-refractivity contribution in [2.24, 2.45) is 17.8 Å². The number of allylic oxidation sites excluding steroid dienone is 2. The highest BCUT2D eigenvalue weighted by atomic mass is 16.5. The average molecular weight is 477 g/mol. The molecule has 0 unspecified atom stereocenters. The summed E-state index contributed by atoms with van der Waals surface area (Å²) in [4.78, 5) is 28.7. The smallest absolute Gasteiger partial charge is 0.455 e. The average Bonchev–Trinajstić information content (AvgIpc) is 3.07. The van der Waals surface area contributed by atoms with Crippen LogP contribution in [0, 0.1) is 17.8 Å². The van der Waals surface area contributed by atoms with E-state index in [0.717, 1.165) is 54.4 Å². The van der Waals surface area contributed by atoms with E-state index in [1.54, 1.807) is 17.0 Å². The van der Waals surface area contributed by atoms with Crippen LogP contribution in [0.4, 0.5) is 0 Å². The number of imide groups is 1. The Morgan fingerprint density at radius 3 is 2.69 bits per heavy atom. The van der Waals surface area contributed by atoms with Gasteiger partial charge in [-0.1, -0.05) is 48.6 Å². The van der Waals surface area contributed by atoms with Gasteiger partial charge in [-0.3, -0.25) is 14.5 Å². The van der Waals surface area contributed by atoms with Crippen LogP contribution >= 0.6 is 0 Å². The first kappa shape index (κ1) is 24.3. The highest BCUT2D eigenvalue weighted by molar-refractivity contribution is 6.43. The predicted molar refractivity (Wildman–Crippen MR) is 135 cm³/mol. The third-order valence-electron chi connectivity index (χ3n) is 8.51. The monoisotopic (exact) mass is 477 g/mol. The number of hydrogen-bond acceptors (Lipinski definition) is 5. The van der Waals surface area contributed by atoms with Gasteiger partial charge in [0, 0.05) is 6.04 Å². The second kappa shape index (κ2) is 9.94. The number of carbonyl (C=O) groups excluding carboxylic acids is 2. The Bertz CT molecular complexity index is 1060.